The van der Waals surface area contributed by atoms with Crippen LogP contribution in [0.1, 0.15) is 18.1 Å². The summed E-state index contributed by atoms with van der Waals surface area (Å²) in [5.74, 6) is -0.270. The lowest BCUT2D eigenvalue weighted by Gasteiger charge is -2.25. The molecule has 0 bridgehead atoms. The first kappa shape index (κ1) is 18.5. The summed E-state index contributed by atoms with van der Waals surface area (Å²) in [6, 6.07) is 10.5. The molecule has 2 N–H and O–H groups in total. The van der Waals surface area contributed by atoms with Crippen molar-refractivity contribution in [2.45, 2.75) is 37.2 Å². The molecule has 0 saturated carbocycles. The first-order chi connectivity index (χ1) is 12.0. The van der Waals surface area contributed by atoms with Crippen molar-refractivity contribution in [3.63, 3.8) is 0 Å². The smallest absolute Gasteiger partial charge is 0.406 e. The molecular formula is C17H17F3N2O3S. The number of benzene rings is 2. The van der Waals surface area contributed by atoms with Crippen molar-refractivity contribution in [1.82, 2.24) is 0 Å². The van der Waals surface area contributed by atoms with Gasteiger partial charge >= 0.3 is 6.36 Å². The van der Waals surface area contributed by atoms with Crippen LogP contribution < -0.4 is 14.8 Å². The fraction of sp³-hybridized carbons (Fsp3) is 0.294. The minimum absolute atomic E-state index is 0.0685. The summed E-state index contributed by atoms with van der Waals surface area (Å²) < 4.78 is 63.5. The molecule has 140 valence electrons. The van der Waals surface area contributed by atoms with Gasteiger partial charge in [0.2, 0.25) is 10.0 Å². The quantitative estimate of drug-likeness (QED) is 0.876. The zero-order valence-corrected chi connectivity index (χ0v) is 14.6. The normalized spacial score (nSPS) is 17.3. The average molecular weight is 386 g/mol. The summed E-state index contributed by atoms with van der Waals surface area (Å²) in [5.41, 5.74) is 2.58. The number of halogens is 3. The first-order valence-corrected chi connectivity index (χ1v) is 9.34. The van der Waals surface area contributed by atoms with Gasteiger partial charge in [-0.2, -0.15) is 0 Å². The van der Waals surface area contributed by atoms with Gasteiger partial charge in [0.1, 0.15) is 5.75 Å². The van der Waals surface area contributed by atoms with E-state index in [0.29, 0.717) is 13.0 Å². The van der Waals surface area contributed by atoms with E-state index in [4.69, 9.17) is 5.14 Å². The maximum atomic E-state index is 12.2. The van der Waals surface area contributed by atoms with Gasteiger partial charge in [0.05, 0.1) is 4.90 Å². The van der Waals surface area contributed by atoms with E-state index in [0.717, 1.165) is 16.8 Å². The fourth-order valence-electron chi connectivity index (χ4n) is 3.08. The third-order valence-electron chi connectivity index (χ3n) is 4.25. The van der Waals surface area contributed by atoms with Crippen molar-refractivity contribution >= 4 is 15.7 Å². The molecule has 1 aliphatic rings. The Morgan fingerprint density at radius 2 is 1.85 bits per heavy atom. The number of fused-ring (bicyclic) bond motifs is 1. The number of sulfonamides is 1. The van der Waals surface area contributed by atoms with Crippen molar-refractivity contribution < 1.29 is 26.3 Å². The molecule has 2 aromatic carbocycles. The van der Waals surface area contributed by atoms with Crippen molar-refractivity contribution in [2.24, 2.45) is 5.14 Å². The molecule has 0 spiro atoms. The number of primary sulfonamides is 1. The van der Waals surface area contributed by atoms with E-state index in [-0.39, 0.29) is 16.7 Å². The van der Waals surface area contributed by atoms with Crippen molar-refractivity contribution in [3.05, 3.63) is 53.6 Å². The molecule has 1 unspecified atom stereocenters. The number of hydrogen-bond acceptors (Lipinski definition) is 4. The van der Waals surface area contributed by atoms with E-state index < -0.39 is 16.4 Å². The lowest BCUT2D eigenvalue weighted by molar-refractivity contribution is -0.274. The van der Waals surface area contributed by atoms with Crippen molar-refractivity contribution in [1.29, 1.82) is 0 Å². The summed E-state index contributed by atoms with van der Waals surface area (Å²) in [7, 11) is -3.76. The number of hydrogen-bond donors (Lipinski definition) is 1. The molecule has 0 amide bonds. The van der Waals surface area contributed by atoms with Crippen LogP contribution in [0.5, 0.6) is 5.75 Å². The summed E-state index contributed by atoms with van der Waals surface area (Å²) in [6.45, 7) is 2.48. The molecule has 9 heteroatoms. The Morgan fingerprint density at radius 3 is 2.42 bits per heavy atom. The lowest BCUT2D eigenvalue weighted by atomic mass is 10.1. The van der Waals surface area contributed by atoms with Gasteiger partial charge in [-0.3, -0.25) is 0 Å². The third kappa shape index (κ3) is 4.10. The largest absolute Gasteiger partial charge is 0.573 e. The summed E-state index contributed by atoms with van der Waals surface area (Å²) in [4.78, 5) is 2.14. The molecule has 0 aromatic heterocycles. The second-order valence-corrected chi connectivity index (χ2v) is 7.77. The monoisotopic (exact) mass is 386 g/mol. The van der Waals surface area contributed by atoms with Gasteiger partial charge in [-0.25, -0.2) is 13.6 Å². The van der Waals surface area contributed by atoms with E-state index in [1.54, 1.807) is 24.3 Å². The van der Waals surface area contributed by atoms with Crippen LogP contribution in [0.3, 0.4) is 0 Å². The summed E-state index contributed by atoms with van der Waals surface area (Å²) >= 11 is 0. The Labute approximate surface area is 149 Å². The SMILES string of the molecule is CC1Cc2cc(S(N)(=O)=O)ccc2N1Cc1ccc(OC(F)(F)F)cc1. The first-order valence-electron chi connectivity index (χ1n) is 7.80. The van der Waals surface area contributed by atoms with Gasteiger partial charge < -0.3 is 9.64 Å². The molecule has 26 heavy (non-hydrogen) atoms. The third-order valence-corrected chi connectivity index (χ3v) is 5.16. The van der Waals surface area contributed by atoms with Crippen molar-refractivity contribution in [2.75, 3.05) is 4.90 Å². The van der Waals surface area contributed by atoms with Crippen LogP contribution >= 0.6 is 0 Å². The molecule has 3 rings (SSSR count). The molecular weight excluding hydrogens is 369 g/mol. The Bertz CT molecular complexity index is 912. The number of anilines is 1. The highest BCUT2D eigenvalue weighted by Crippen LogP contribution is 2.35. The van der Waals surface area contributed by atoms with Crippen LogP contribution in [0, 0.1) is 0 Å². The minimum Gasteiger partial charge on any atom is -0.406 e. The van der Waals surface area contributed by atoms with E-state index in [1.165, 1.54) is 18.2 Å². The Hall–Kier alpha value is -2.26. The summed E-state index contributed by atoms with van der Waals surface area (Å²) in [5, 5.41) is 5.17. The topological polar surface area (TPSA) is 72.6 Å². The molecule has 5 nitrogen and oxygen atoms in total. The van der Waals surface area contributed by atoms with Gasteiger partial charge in [0.15, 0.2) is 0 Å². The van der Waals surface area contributed by atoms with Crippen LogP contribution in [0.2, 0.25) is 0 Å². The summed E-state index contributed by atoms with van der Waals surface area (Å²) in [6.07, 6.45) is -4.06. The highest BCUT2D eigenvalue weighted by molar-refractivity contribution is 7.89. The maximum absolute atomic E-state index is 12.2. The number of alkyl halides is 3. The minimum atomic E-state index is -4.72. The maximum Gasteiger partial charge on any atom is 0.573 e. The van der Waals surface area contributed by atoms with E-state index in [2.05, 4.69) is 9.64 Å². The van der Waals surface area contributed by atoms with E-state index in [1.807, 2.05) is 6.92 Å². The Morgan fingerprint density at radius 1 is 1.19 bits per heavy atom. The van der Waals surface area contributed by atoms with E-state index in [9.17, 15) is 21.6 Å². The van der Waals surface area contributed by atoms with Crippen LogP contribution in [0.15, 0.2) is 47.4 Å². The molecule has 0 radical (unpaired) electrons. The molecule has 1 heterocycles. The molecule has 2 aromatic rings. The molecule has 0 saturated heterocycles. The van der Waals surface area contributed by atoms with Crippen LogP contribution in [0.25, 0.3) is 0 Å². The van der Waals surface area contributed by atoms with Crippen LogP contribution in [-0.2, 0) is 23.0 Å². The van der Waals surface area contributed by atoms with Gasteiger partial charge in [-0.15, -0.1) is 13.2 Å². The van der Waals surface area contributed by atoms with E-state index >= 15 is 0 Å². The van der Waals surface area contributed by atoms with Gasteiger partial charge in [0, 0.05) is 18.3 Å². The predicted molar refractivity (Wildman–Crippen MR) is 90.3 cm³/mol. The average Bonchev–Trinajstić information content (AvgIpc) is 2.82. The molecule has 1 aliphatic heterocycles. The van der Waals surface area contributed by atoms with Crippen LogP contribution in [0.4, 0.5) is 18.9 Å². The second-order valence-electron chi connectivity index (χ2n) is 6.21. The molecule has 0 aliphatic carbocycles. The van der Waals surface area contributed by atoms with Gasteiger partial charge in [0.25, 0.3) is 0 Å². The highest BCUT2D eigenvalue weighted by Gasteiger charge is 2.31. The van der Waals surface area contributed by atoms with Crippen LogP contribution in [-0.4, -0.2) is 20.8 Å². The Balaban J connectivity index is 1.79. The number of rotatable bonds is 4. The predicted octanol–water partition coefficient (Wildman–Crippen LogP) is 3.18. The zero-order chi connectivity index (χ0) is 19.1. The zero-order valence-electron chi connectivity index (χ0n) is 13.8. The molecule has 1 atom stereocenters. The standard InChI is InChI=1S/C17H17F3N2O3S/c1-11-8-13-9-15(26(21,23)24)6-7-16(13)22(11)10-12-2-4-14(5-3-12)25-17(18,19)20/h2-7,9,11H,8,10H2,1H3,(H2,21,23,24). The Kier molecular flexibility index (Phi) is 4.61. The number of nitrogens with two attached hydrogens (primary N) is 1. The second kappa shape index (κ2) is 6.48. The number of nitrogens with zero attached hydrogens (tertiary/aromatic N) is 1. The van der Waals surface area contributed by atoms with Gasteiger partial charge in [-0.1, -0.05) is 12.1 Å². The molecule has 0 fully saturated rings. The van der Waals surface area contributed by atoms with Crippen molar-refractivity contribution in [3.8, 4) is 5.75 Å². The highest BCUT2D eigenvalue weighted by atomic mass is 32.2. The fourth-order valence-corrected chi connectivity index (χ4v) is 3.65. The lowest BCUT2D eigenvalue weighted by Crippen LogP contribution is -2.28. The van der Waals surface area contributed by atoms with Gasteiger partial charge in [-0.05, 0) is 54.8 Å². The number of ether oxygens (including phenoxy) is 1.